The van der Waals surface area contributed by atoms with Crippen LogP contribution in [0.2, 0.25) is 0 Å². The fourth-order valence-electron chi connectivity index (χ4n) is 1.93. The first-order valence-corrected chi connectivity index (χ1v) is 8.18. The summed E-state index contributed by atoms with van der Waals surface area (Å²) in [6.07, 6.45) is 0. The van der Waals surface area contributed by atoms with Crippen molar-refractivity contribution in [1.29, 1.82) is 0 Å². The SMILES string of the molecule is CC.Cc1ccc(-c2nsc(-c3ccc(C)c(N)c3)n2)cc1. The van der Waals surface area contributed by atoms with Gasteiger partial charge in [-0.25, -0.2) is 4.98 Å². The Morgan fingerprint density at radius 1 is 0.909 bits per heavy atom. The molecule has 4 heteroatoms. The summed E-state index contributed by atoms with van der Waals surface area (Å²) < 4.78 is 4.43. The Balaban J connectivity index is 0.000000847. The molecule has 2 N–H and O–H groups in total. The van der Waals surface area contributed by atoms with E-state index in [2.05, 4.69) is 28.4 Å². The summed E-state index contributed by atoms with van der Waals surface area (Å²) in [4.78, 5) is 4.60. The molecular weight excluding hydrogens is 290 g/mol. The van der Waals surface area contributed by atoms with Crippen LogP contribution >= 0.6 is 11.5 Å². The molecule has 0 spiro atoms. The van der Waals surface area contributed by atoms with E-state index < -0.39 is 0 Å². The molecule has 0 aliphatic rings. The Labute approximate surface area is 136 Å². The Hall–Kier alpha value is -2.20. The maximum absolute atomic E-state index is 5.95. The van der Waals surface area contributed by atoms with Gasteiger partial charge in [-0.3, -0.25) is 0 Å². The third kappa shape index (κ3) is 3.52. The van der Waals surface area contributed by atoms with E-state index >= 15 is 0 Å². The van der Waals surface area contributed by atoms with Gasteiger partial charge in [0.25, 0.3) is 0 Å². The molecule has 0 amide bonds. The van der Waals surface area contributed by atoms with E-state index in [0.29, 0.717) is 0 Å². The molecule has 0 fully saturated rings. The van der Waals surface area contributed by atoms with Crippen LogP contribution in [0.3, 0.4) is 0 Å². The van der Waals surface area contributed by atoms with E-state index in [1.165, 1.54) is 17.1 Å². The first kappa shape index (κ1) is 16.2. The van der Waals surface area contributed by atoms with Crippen molar-refractivity contribution in [2.45, 2.75) is 27.7 Å². The summed E-state index contributed by atoms with van der Waals surface area (Å²) in [5, 5.41) is 0.896. The van der Waals surface area contributed by atoms with Crippen LogP contribution in [0.4, 0.5) is 5.69 Å². The topological polar surface area (TPSA) is 51.8 Å². The van der Waals surface area contributed by atoms with Crippen LogP contribution in [0, 0.1) is 13.8 Å². The molecule has 3 rings (SSSR count). The summed E-state index contributed by atoms with van der Waals surface area (Å²) in [5.74, 6) is 0.768. The molecule has 22 heavy (non-hydrogen) atoms. The van der Waals surface area contributed by atoms with Crippen molar-refractivity contribution in [2.75, 3.05) is 5.73 Å². The molecule has 3 nitrogen and oxygen atoms in total. The summed E-state index contributed by atoms with van der Waals surface area (Å²) in [7, 11) is 0. The van der Waals surface area contributed by atoms with Crippen LogP contribution in [0.25, 0.3) is 22.0 Å². The zero-order chi connectivity index (χ0) is 16.1. The van der Waals surface area contributed by atoms with Gasteiger partial charge in [-0.1, -0.05) is 55.8 Å². The predicted octanol–water partition coefficient (Wildman–Crippen LogP) is 5.10. The lowest BCUT2D eigenvalue weighted by atomic mass is 10.1. The van der Waals surface area contributed by atoms with Gasteiger partial charge in [-0.15, -0.1) is 0 Å². The van der Waals surface area contributed by atoms with Crippen molar-refractivity contribution < 1.29 is 0 Å². The number of aromatic nitrogens is 2. The lowest BCUT2D eigenvalue weighted by molar-refractivity contribution is 1.32. The highest BCUT2D eigenvalue weighted by atomic mass is 32.1. The van der Waals surface area contributed by atoms with Gasteiger partial charge < -0.3 is 5.73 Å². The molecule has 1 heterocycles. The van der Waals surface area contributed by atoms with Gasteiger partial charge in [0.15, 0.2) is 5.82 Å². The Bertz CT molecular complexity index is 745. The van der Waals surface area contributed by atoms with Gasteiger partial charge in [-0.2, -0.15) is 4.37 Å². The normalized spacial score (nSPS) is 10.0. The number of hydrogen-bond acceptors (Lipinski definition) is 4. The number of nitrogens with zero attached hydrogens (tertiary/aromatic N) is 2. The fraction of sp³-hybridized carbons (Fsp3) is 0.222. The Morgan fingerprint density at radius 2 is 1.55 bits per heavy atom. The molecule has 0 saturated carbocycles. The van der Waals surface area contributed by atoms with Crippen molar-refractivity contribution in [2.24, 2.45) is 0 Å². The van der Waals surface area contributed by atoms with Gasteiger partial charge in [-0.05, 0) is 37.0 Å². The number of benzene rings is 2. The smallest absolute Gasteiger partial charge is 0.173 e. The molecule has 1 aromatic heterocycles. The number of nitrogens with two attached hydrogens (primary N) is 1. The third-order valence-electron chi connectivity index (χ3n) is 3.26. The van der Waals surface area contributed by atoms with E-state index in [-0.39, 0.29) is 0 Å². The molecule has 0 atom stereocenters. The third-order valence-corrected chi connectivity index (χ3v) is 4.03. The van der Waals surface area contributed by atoms with E-state index in [0.717, 1.165) is 33.2 Å². The van der Waals surface area contributed by atoms with Crippen molar-refractivity contribution >= 4 is 17.2 Å². The van der Waals surface area contributed by atoms with Crippen molar-refractivity contribution in [3.8, 4) is 22.0 Å². The highest BCUT2D eigenvalue weighted by Gasteiger charge is 2.09. The van der Waals surface area contributed by atoms with Crippen LogP contribution in [0.1, 0.15) is 25.0 Å². The minimum Gasteiger partial charge on any atom is -0.398 e. The first-order valence-electron chi connectivity index (χ1n) is 7.41. The van der Waals surface area contributed by atoms with E-state index in [9.17, 15) is 0 Å². The summed E-state index contributed by atoms with van der Waals surface area (Å²) >= 11 is 1.40. The summed E-state index contributed by atoms with van der Waals surface area (Å²) in [6, 6.07) is 14.2. The minimum absolute atomic E-state index is 0.768. The summed E-state index contributed by atoms with van der Waals surface area (Å²) in [6.45, 7) is 8.07. The molecular formula is C18H21N3S. The second-order valence-corrected chi connectivity index (χ2v) is 5.61. The number of anilines is 1. The predicted molar refractivity (Wildman–Crippen MR) is 96.0 cm³/mol. The van der Waals surface area contributed by atoms with E-state index in [1.54, 1.807) is 0 Å². The lowest BCUT2D eigenvalue weighted by Gasteiger charge is -2.01. The zero-order valence-corrected chi connectivity index (χ0v) is 14.2. The van der Waals surface area contributed by atoms with Crippen LogP contribution in [0.15, 0.2) is 42.5 Å². The largest absolute Gasteiger partial charge is 0.398 e. The minimum atomic E-state index is 0.768. The van der Waals surface area contributed by atoms with Gasteiger partial charge in [0.2, 0.25) is 0 Å². The fourth-order valence-corrected chi connectivity index (χ4v) is 2.61. The maximum Gasteiger partial charge on any atom is 0.173 e. The Morgan fingerprint density at radius 3 is 2.18 bits per heavy atom. The van der Waals surface area contributed by atoms with Crippen LogP contribution in [-0.4, -0.2) is 9.36 Å². The quantitative estimate of drug-likeness (QED) is 0.670. The molecule has 2 aromatic carbocycles. The summed E-state index contributed by atoms with van der Waals surface area (Å²) in [5.41, 5.74) is 11.1. The lowest BCUT2D eigenvalue weighted by Crippen LogP contribution is -1.89. The average molecular weight is 311 g/mol. The number of hydrogen-bond donors (Lipinski definition) is 1. The second kappa shape index (κ2) is 7.18. The highest BCUT2D eigenvalue weighted by Crippen LogP contribution is 2.28. The number of rotatable bonds is 2. The van der Waals surface area contributed by atoms with E-state index in [4.69, 9.17) is 5.73 Å². The second-order valence-electron chi connectivity index (χ2n) is 4.86. The van der Waals surface area contributed by atoms with Gasteiger partial charge in [0.1, 0.15) is 5.01 Å². The standard InChI is InChI=1S/C16H15N3S.C2H6/c1-10-3-6-12(7-4-10)15-18-16(20-19-15)13-8-5-11(2)14(17)9-13;1-2/h3-9H,17H2,1-2H3;1-2H3. The molecule has 0 radical (unpaired) electrons. The molecule has 3 aromatic rings. The van der Waals surface area contributed by atoms with Gasteiger partial charge in [0, 0.05) is 16.8 Å². The highest BCUT2D eigenvalue weighted by molar-refractivity contribution is 7.09. The molecule has 0 bridgehead atoms. The first-order chi connectivity index (χ1) is 10.6. The molecule has 0 unspecified atom stereocenters. The van der Waals surface area contributed by atoms with Gasteiger partial charge in [0.05, 0.1) is 0 Å². The van der Waals surface area contributed by atoms with Gasteiger partial charge >= 0.3 is 0 Å². The average Bonchev–Trinajstić information content (AvgIpc) is 3.03. The molecule has 0 aliphatic carbocycles. The van der Waals surface area contributed by atoms with Crippen molar-refractivity contribution in [1.82, 2.24) is 9.36 Å². The van der Waals surface area contributed by atoms with Crippen LogP contribution in [0.5, 0.6) is 0 Å². The zero-order valence-electron chi connectivity index (χ0n) is 13.4. The number of aryl methyl sites for hydroxylation is 2. The molecule has 0 saturated heterocycles. The number of nitrogen functional groups attached to an aromatic ring is 1. The van der Waals surface area contributed by atoms with Crippen molar-refractivity contribution in [3.05, 3.63) is 53.6 Å². The van der Waals surface area contributed by atoms with Crippen LogP contribution in [-0.2, 0) is 0 Å². The molecule has 114 valence electrons. The van der Waals surface area contributed by atoms with Crippen molar-refractivity contribution in [3.63, 3.8) is 0 Å². The maximum atomic E-state index is 5.95. The monoisotopic (exact) mass is 311 g/mol. The molecule has 0 aliphatic heterocycles. The van der Waals surface area contributed by atoms with E-state index in [1.807, 2.05) is 51.1 Å². The van der Waals surface area contributed by atoms with Crippen LogP contribution < -0.4 is 5.73 Å². The Kier molecular flexibility index (Phi) is 5.28.